The number of rotatable bonds is 4. The molecule has 0 fully saturated rings. The van der Waals surface area contributed by atoms with Crippen LogP contribution in [-0.2, 0) is 0 Å². The van der Waals surface area contributed by atoms with E-state index in [-0.39, 0.29) is 11.5 Å². The van der Waals surface area contributed by atoms with Gasteiger partial charge in [-0.25, -0.2) is 4.68 Å². The highest BCUT2D eigenvalue weighted by molar-refractivity contribution is 9.10. The van der Waals surface area contributed by atoms with E-state index in [0.717, 1.165) is 4.47 Å². The largest absolute Gasteiger partial charge is 0.336 e. The molecule has 104 valence electrons. The SMILES string of the molecule is Cc1nnc(SCC(=O)c2ccc(Br)cc2)n(N)c1=S. The summed E-state index contributed by atoms with van der Waals surface area (Å²) in [7, 11) is 0. The molecule has 0 amide bonds. The summed E-state index contributed by atoms with van der Waals surface area (Å²) in [6.45, 7) is 1.74. The maximum absolute atomic E-state index is 12.0. The van der Waals surface area contributed by atoms with Gasteiger partial charge in [0.2, 0.25) is 5.16 Å². The van der Waals surface area contributed by atoms with Gasteiger partial charge >= 0.3 is 0 Å². The lowest BCUT2D eigenvalue weighted by Gasteiger charge is -2.07. The second-order valence-corrected chi connectivity index (χ2v) is 6.21. The van der Waals surface area contributed by atoms with Crippen LogP contribution in [0.5, 0.6) is 0 Å². The van der Waals surface area contributed by atoms with Crippen molar-refractivity contribution in [3.63, 3.8) is 0 Å². The number of Topliss-reactive ketones (excluding diaryl/α,β-unsaturated/α-hetero) is 1. The zero-order chi connectivity index (χ0) is 14.7. The van der Waals surface area contributed by atoms with E-state index in [0.29, 0.717) is 21.1 Å². The van der Waals surface area contributed by atoms with Gasteiger partial charge in [-0.3, -0.25) is 4.79 Å². The van der Waals surface area contributed by atoms with Crippen molar-refractivity contribution in [2.75, 3.05) is 11.6 Å². The van der Waals surface area contributed by atoms with Crippen molar-refractivity contribution in [2.45, 2.75) is 12.1 Å². The number of hydrogen-bond acceptors (Lipinski definition) is 6. The van der Waals surface area contributed by atoms with Crippen molar-refractivity contribution in [2.24, 2.45) is 0 Å². The van der Waals surface area contributed by atoms with Gasteiger partial charge in [0, 0.05) is 10.0 Å². The fraction of sp³-hybridized carbons (Fsp3) is 0.167. The van der Waals surface area contributed by atoms with Gasteiger partial charge in [0.05, 0.1) is 11.4 Å². The summed E-state index contributed by atoms with van der Waals surface area (Å²) in [4.78, 5) is 12.0. The van der Waals surface area contributed by atoms with E-state index in [1.165, 1.54) is 16.4 Å². The lowest BCUT2D eigenvalue weighted by Crippen LogP contribution is -2.17. The molecule has 1 heterocycles. The van der Waals surface area contributed by atoms with E-state index in [1.54, 1.807) is 19.1 Å². The highest BCUT2D eigenvalue weighted by Gasteiger charge is 2.10. The lowest BCUT2D eigenvalue weighted by molar-refractivity contribution is 0.102. The molecule has 2 rings (SSSR count). The number of nitrogens with zero attached hydrogens (tertiary/aromatic N) is 3. The topological polar surface area (TPSA) is 73.8 Å². The first kappa shape index (κ1) is 15.1. The maximum Gasteiger partial charge on any atom is 0.209 e. The Hall–Kier alpha value is -1.25. The number of nitrogens with two attached hydrogens (primary N) is 1. The number of nitrogen functional groups attached to an aromatic ring is 1. The van der Waals surface area contributed by atoms with Crippen molar-refractivity contribution >= 4 is 45.7 Å². The van der Waals surface area contributed by atoms with Crippen LogP contribution < -0.4 is 5.84 Å². The molecule has 8 heteroatoms. The molecule has 0 aliphatic carbocycles. The van der Waals surface area contributed by atoms with Gasteiger partial charge in [0.25, 0.3) is 0 Å². The van der Waals surface area contributed by atoms with Crippen LogP contribution in [0, 0.1) is 11.6 Å². The molecule has 0 aliphatic heterocycles. The van der Waals surface area contributed by atoms with E-state index in [1.807, 2.05) is 12.1 Å². The van der Waals surface area contributed by atoms with Gasteiger partial charge in [-0.1, -0.05) is 52.0 Å². The highest BCUT2D eigenvalue weighted by Crippen LogP contribution is 2.17. The highest BCUT2D eigenvalue weighted by atomic mass is 79.9. The first-order valence-electron chi connectivity index (χ1n) is 5.62. The number of thioether (sulfide) groups is 1. The minimum Gasteiger partial charge on any atom is -0.336 e. The van der Waals surface area contributed by atoms with Gasteiger partial charge in [-0.05, 0) is 19.1 Å². The van der Waals surface area contributed by atoms with E-state index >= 15 is 0 Å². The standard InChI is InChI=1S/C12H11BrN4OS2/c1-7-11(19)17(14)12(16-15-7)20-6-10(18)8-2-4-9(13)5-3-8/h2-5H,6,14H2,1H3. The Morgan fingerprint density at radius 1 is 1.40 bits per heavy atom. The number of benzene rings is 1. The Balaban J connectivity index is 2.09. The Labute approximate surface area is 133 Å². The van der Waals surface area contributed by atoms with Crippen LogP contribution in [0.1, 0.15) is 16.1 Å². The summed E-state index contributed by atoms with van der Waals surface area (Å²) in [5.41, 5.74) is 1.23. The Morgan fingerprint density at radius 2 is 2.05 bits per heavy atom. The molecule has 0 radical (unpaired) electrons. The number of hydrogen-bond donors (Lipinski definition) is 1. The van der Waals surface area contributed by atoms with E-state index < -0.39 is 0 Å². The predicted octanol–water partition coefficient (Wildman–Crippen LogP) is 2.77. The third kappa shape index (κ3) is 3.44. The number of aryl methyl sites for hydroxylation is 1. The third-order valence-corrected chi connectivity index (χ3v) is 4.48. The smallest absolute Gasteiger partial charge is 0.209 e. The second kappa shape index (κ2) is 6.47. The first-order chi connectivity index (χ1) is 9.49. The molecule has 20 heavy (non-hydrogen) atoms. The van der Waals surface area contributed by atoms with E-state index in [2.05, 4.69) is 26.1 Å². The maximum atomic E-state index is 12.0. The first-order valence-corrected chi connectivity index (χ1v) is 7.80. The van der Waals surface area contributed by atoms with Gasteiger partial charge < -0.3 is 5.84 Å². The van der Waals surface area contributed by atoms with Gasteiger partial charge in [-0.15, -0.1) is 5.10 Å². The van der Waals surface area contributed by atoms with Crippen LogP contribution >= 0.6 is 39.9 Å². The molecule has 1 aromatic carbocycles. The summed E-state index contributed by atoms with van der Waals surface area (Å²) in [6.07, 6.45) is 0. The van der Waals surface area contributed by atoms with Crippen molar-refractivity contribution in [1.82, 2.24) is 14.9 Å². The quantitative estimate of drug-likeness (QED) is 0.386. The summed E-state index contributed by atoms with van der Waals surface area (Å²) in [6, 6.07) is 7.19. The monoisotopic (exact) mass is 370 g/mol. The van der Waals surface area contributed by atoms with Gasteiger partial charge in [0.15, 0.2) is 10.4 Å². The number of carbonyl (C=O) groups is 1. The molecule has 2 N–H and O–H groups in total. The van der Waals surface area contributed by atoms with Crippen molar-refractivity contribution in [3.05, 3.63) is 44.6 Å². The van der Waals surface area contributed by atoms with E-state index in [4.69, 9.17) is 18.1 Å². The molecular weight excluding hydrogens is 360 g/mol. The van der Waals surface area contributed by atoms with Crippen LogP contribution in [0.3, 0.4) is 0 Å². The van der Waals surface area contributed by atoms with Crippen LogP contribution in [0.4, 0.5) is 0 Å². The number of ketones is 1. The Bertz CT molecular complexity index is 700. The number of halogens is 1. The number of aromatic nitrogens is 3. The minimum absolute atomic E-state index is 0.00390. The average molecular weight is 371 g/mol. The molecular formula is C12H11BrN4OS2. The fourth-order valence-electron chi connectivity index (χ4n) is 1.42. The van der Waals surface area contributed by atoms with Gasteiger partial charge in [0.1, 0.15) is 0 Å². The van der Waals surface area contributed by atoms with Crippen LogP contribution in [0.2, 0.25) is 0 Å². The lowest BCUT2D eigenvalue weighted by atomic mass is 10.2. The molecule has 1 aromatic heterocycles. The third-order valence-electron chi connectivity index (χ3n) is 2.52. The molecule has 0 bridgehead atoms. The zero-order valence-electron chi connectivity index (χ0n) is 10.5. The van der Waals surface area contributed by atoms with E-state index in [9.17, 15) is 4.79 Å². The molecule has 0 spiro atoms. The Kier molecular flexibility index (Phi) is 4.90. The predicted molar refractivity (Wildman–Crippen MR) is 84.9 cm³/mol. The van der Waals surface area contributed by atoms with Crippen LogP contribution in [0.15, 0.2) is 33.9 Å². The molecule has 0 unspecified atom stereocenters. The molecule has 2 aromatic rings. The normalized spacial score (nSPS) is 10.5. The Morgan fingerprint density at radius 3 is 2.70 bits per heavy atom. The number of carbonyl (C=O) groups excluding carboxylic acids is 1. The molecule has 5 nitrogen and oxygen atoms in total. The van der Waals surface area contributed by atoms with Crippen molar-refractivity contribution in [3.8, 4) is 0 Å². The summed E-state index contributed by atoms with van der Waals surface area (Å²) >= 11 is 9.64. The molecule has 0 atom stereocenters. The summed E-state index contributed by atoms with van der Waals surface area (Å²) < 4.78 is 2.62. The van der Waals surface area contributed by atoms with Crippen molar-refractivity contribution in [1.29, 1.82) is 0 Å². The van der Waals surface area contributed by atoms with Gasteiger partial charge in [-0.2, -0.15) is 5.10 Å². The minimum atomic E-state index is -0.00390. The molecule has 0 saturated carbocycles. The summed E-state index contributed by atoms with van der Waals surface area (Å²) in [5.74, 6) is 6.02. The molecule has 0 saturated heterocycles. The summed E-state index contributed by atoms with van der Waals surface area (Å²) in [5, 5.41) is 8.27. The van der Waals surface area contributed by atoms with Crippen LogP contribution in [0.25, 0.3) is 0 Å². The van der Waals surface area contributed by atoms with Crippen LogP contribution in [-0.4, -0.2) is 26.4 Å². The molecule has 0 aliphatic rings. The van der Waals surface area contributed by atoms with Crippen molar-refractivity contribution < 1.29 is 4.79 Å². The fourth-order valence-corrected chi connectivity index (χ4v) is 2.62. The average Bonchev–Trinajstić information content (AvgIpc) is 2.44. The second-order valence-electron chi connectivity index (χ2n) is 3.96. The zero-order valence-corrected chi connectivity index (χ0v) is 13.8.